The summed E-state index contributed by atoms with van der Waals surface area (Å²) >= 11 is 5.17. The lowest BCUT2D eigenvalue weighted by Gasteiger charge is -2.19. The average molecular weight is 285 g/mol. The van der Waals surface area contributed by atoms with Gasteiger partial charge in [-0.15, -0.1) is 0 Å². The number of pyridine rings is 1. The van der Waals surface area contributed by atoms with E-state index >= 15 is 0 Å². The van der Waals surface area contributed by atoms with Crippen molar-refractivity contribution >= 4 is 33.8 Å². The minimum absolute atomic E-state index is 0.400. The molecule has 1 heterocycles. The van der Waals surface area contributed by atoms with Crippen LogP contribution in [0, 0.1) is 5.92 Å². The van der Waals surface area contributed by atoms with Gasteiger partial charge in [0.2, 0.25) is 0 Å². The van der Waals surface area contributed by atoms with Crippen molar-refractivity contribution in [1.82, 2.24) is 4.98 Å². The third kappa shape index (κ3) is 2.48. The largest absolute Gasteiger partial charge is 0.389 e. The van der Waals surface area contributed by atoms with Gasteiger partial charge in [-0.1, -0.05) is 37.3 Å². The summed E-state index contributed by atoms with van der Waals surface area (Å²) in [6, 6.07) is 8.61. The minimum Gasteiger partial charge on any atom is -0.389 e. The summed E-state index contributed by atoms with van der Waals surface area (Å²) in [6.07, 6.45) is 5.47. The lowest BCUT2D eigenvalue weighted by Crippen LogP contribution is -2.20. The maximum absolute atomic E-state index is 5.86. The summed E-state index contributed by atoms with van der Waals surface area (Å²) in [5.74, 6) is 0.786. The van der Waals surface area contributed by atoms with Crippen molar-refractivity contribution in [3.8, 4) is 0 Å². The van der Waals surface area contributed by atoms with E-state index in [-0.39, 0.29) is 0 Å². The molecule has 20 heavy (non-hydrogen) atoms. The number of benzene rings is 1. The van der Waals surface area contributed by atoms with Crippen LogP contribution in [0.25, 0.3) is 10.9 Å². The van der Waals surface area contributed by atoms with Crippen molar-refractivity contribution in [2.24, 2.45) is 11.7 Å². The van der Waals surface area contributed by atoms with Crippen molar-refractivity contribution < 1.29 is 0 Å². The van der Waals surface area contributed by atoms with Gasteiger partial charge >= 0.3 is 0 Å². The van der Waals surface area contributed by atoms with Gasteiger partial charge in [-0.05, 0) is 31.2 Å². The van der Waals surface area contributed by atoms with Crippen LogP contribution in [-0.4, -0.2) is 16.0 Å². The molecule has 1 aromatic heterocycles. The molecule has 0 saturated heterocycles. The lowest BCUT2D eigenvalue weighted by atomic mass is 10.1. The van der Waals surface area contributed by atoms with Crippen molar-refractivity contribution in [3.63, 3.8) is 0 Å². The first-order valence-electron chi connectivity index (χ1n) is 7.09. The monoisotopic (exact) mass is 285 g/mol. The molecule has 1 aliphatic carbocycles. The van der Waals surface area contributed by atoms with Crippen LogP contribution < -0.4 is 11.1 Å². The van der Waals surface area contributed by atoms with E-state index in [0.717, 1.165) is 28.1 Å². The summed E-state index contributed by atoms with van der Waals surface area (Å²) in [4.78, 5) is 4.84. The Morgan fingerprint density at radius 3 is 2.85 bits per heavy atom. The van der Waals surface area contributed by atoms with E-state index in [9.17, 15) is 0 Å². The molecule has 104 valence electrons. The van der Waals surface area contributed by atoms with Crippen molar-refractivity contribution in [3.05, 3.63) is 36.0 Å². The molecule has 4 heteroatoms. The molecule has 1 aromatic carbocycles. The molecule has 0 amide bonds. The zero-order valence-electron chi connectivity index (χ0n) is 11.6. The molecule has 0 aliphatic heterocycles. The van der Waals surface area contributed by atoms with Gasteiger partial charge in [-0.25, -0.2) is 0 Å². The number of rotatable bonds is 3. The Morgan fingerprint density at radius 2 is 2.15 bits per heavy atom. The highest BCUT2D eigenvalue weighted by Crippen LogP contribution is 2.32. The number of thiocarbonyl (C=S) groups is 1. The molecule has 0 bridgehead atoms. The SMILES string of the molecule is CC1CCC(Nc2c(C(N)=S)cnc3ccccc23)C1. The number of nitrogens with two attached hydrogens (primary N) is 1. The van der Waals surface area contributed by atoms with Gasteiger partial charge in [0.25, 0.3) is 0 Å². The molecule has 3 nitrogen and oxygen atoms in total. The molecular formula is C16H19N3S. The van der Waals surface area contributed by atoms with Crippen LogP contribution in [0.3, 0.4) is 0 Å². The van der Waals surface area contributed by atoms with Crippen LogP contribution in [0.2, 0.25) is 0 Å². The van der Waals surface area contributed by atoms with Crippen LogP contribution in [0.4, 0.5) is 5.69 Å². The van der Waals surface area contributed by atoms with Gasteiger partial charge in [0, 0.05) is 17.6 Å². The lowest BCUT2D eigenvalue weighted by molar-refractivity contribution is 0.603. The van der Waals surface area contributed by atoms with Crippen LogP contribution >= 0.6 is 12.2 Å². The highest BCUT2D eigenvalue weighted by Gasteiger charge is 2.23. The van der Waals surface area contributed by atoms with E-state index in [2.05, 4.69) is 23.3 Å². The van der Waals surface area contributed by atoms with Gasteiger partial charge in [-0.2, -0.15) is 0 Å². The number of fused-ring (bicyclic) bond motifs is 1. The van der Waals surface area contributed by atoms with Gasteiger partial charge in [0.05, 0.1) is 16.8 Å². The average Bonchev–Trinajstić information content (AvgIpc) is 2.84. The molecule has 2 aromatic rings. The number of nitrogens with zero attached hydrogens (tertiary/aromatic N) is 1. The second kappa shape index (κ2) is 5.37. The van der Waals surface area contributed by atoms with Gasteiger partial charge in [0.1, 0.15) is 4.99 Å². The Labute approximate surface area is 124 Å². The fourth-order valence-corrected chi connectivity index (χ4v) is 3.18. The topological polar surface area (TPSA) is 50.9 Å². The molecule has 1 aliphatic rings. The van der Waals surface area contributed by atoms with Crippen LogP contribution in [-0.2, 0) is 0 Å². The molecule has 1 fully saturated rings. The summed E-state index contributed by atoms with van der Waals surface area (Å²) < 4.78 is 0. The third-order valence-electron chi connectivity index (χ3n) is 4.08. The zero-order chi connectivity index (χ0) is 14.1. The van der Waals surface area contributed by atoms with Crippen molar-refractivity contribution in [2.45, 2.75) is 32.2 Å². The third-order valence-corrected chi connectivity index (χ3v) is 4.30. The Balaban J connectivity index is 2.05. The number of anilines is 1. The first-order valence-corrected chi connectivity index (χ1v) is 7.50. The van der Waals surface area contributed by atoms with Crippen molar-refractivity contribution in [1.29, 1.82) is 0 Å². The molecule has 3 N–H and O–H groups in total. The highest BCUT2D eigenvalue weighted by atomic mass is 32.1. The summed E-state index contributed by atoms with van der Waals surface area (Å²) in [5.41, 5.74) is 8.72. The first-order chi connectivity index (χ1) is 9.65. The predicted molar refractivity (Wildman–Crippen MR) is 88.1 cm³/mol. The number of hydrogen-bond donors (Lipinski definition) is 2. The second-order valence-electron chi connectivity index (χ2n) is 5.69. The Bertz CT molecular complexity index is 653. The van der Waals surface area contributed by atoms with Crippen LogP contribution in [0.1, 0.15) is 31.7 Å². The summed E-state index contributed by atoms with van der Waals surface area (Å²) in [7, 11) is 0. The van der Waals surface area contributed by atoms with E-state index in [0.29, 0.717) is 11.0 Å². The smallest absolute Gasteiger partial charge is 0.107 e. The Kier molecular flexibility index (Phi) is 3.57. The van der Waals surface area contributed by atoms with Crippen LogP contribution in [0.5, 0.6) is 0 Å². The predicted octanol–water partition coefficient (Wildman–Crippen LogP) is 3.47. The highest BCUT2D eigenvalue weighted by molar-refractivity contribution is 7.80. The zero-order valence-corrected chi connectivity index (χ0v) is 12.4. The minimum atomic E-state index is 0.400. The molecule has 1 saturated carbocycles. The van der Waals surface area contributed by atoms with E-state index in [1.165, 1.54) is 19.3 Å². The van der Waals surface area contributed by atoms with Gasteiger partial charge in [0.15, 0.2) is 0 Å². The first kappa shape index (κ1) is 13.3. The molecule has 3 rings (SSSR count). The van der Waals surface area contributed by atoms with Gasteiger partial charge in [-0.3, -0.25) is 4.98 Å². The quantitative estimate of drug-likeness (QED) is 0.848. The molecule has 2 unspecified atom stereocenters. The number of aromatic nitrogens is 1. The van der Waals surface area contributed by atoms with E-state index < -0.39 is 0 Å². The van der Waals surface area contributed by atoms with E-state index in [1.807, 2.05) is 18.2 Å². The molecule has 0 spiro atoms. The van der Waals surface area contributed by atoms with Crippen molar-refractivity contribution in [2.75, 3.05) is 5.32 Å². The molecule has 0 radical (unpaired) electrons. The number of nitrogens with one attached hydrogen (secondary N) is 1. The number of para-hydroxylation sites is 1. The Hall–Kier alpha value is -1.68. The normalized spacial score (nSPS) is 22.1. The standard InChI is InChI=1S/C16H19N3S/c1-10-6-7-11(8-10)19-15-12-4-2-3-5-14(12)18-9-13(15)16(17)20/h2-5,9-11H,6-8H2,1H3,(H2,17,20)(H,18,19). The number of hydrogen-bond acceptors (Lipinski definition) is 3. The fraction of sp³-hybridized carbons (Fsp3) is 0.375. The fourth-order valence-electron chi connectivity index (χ4n) is 3.03. The second-order valence-corrected chi connectivity index (χ2v) is 6.13. The van der Waals surface area contributed by atoms with E-state index in [4.69, 9.17) is 18.0 Å². The maximum atomic E-state index is 5.86. The van der Waals surface area contributed by atoms with E-state index in [1.54, 1.807) is 6.20 Å². The van der Waals surface area contributed by atoms with Crippen LogP contribution in [0.15, 0.2) is 30.5 Å². The maximum Gasteiger partial charge on any atom is 0.107 e. The summed E-state index contributed by atoms with van der Waals surface area (Å²) in [6.45, 7) is 2.31. The molecule has 2 atom stereocenters. The van der Waals surface area contributed by atoms with Gasteiger partial charge < -0.3 is 11.1 Å². The Morgan fingerprint density at radius 1 is 1.35 bits per heavy atom. The summed E-state index contributed by atoms with van der Waals surface area (Å²) in [5, 5.41) is 4.75. The molecular weight excluding hydrogens is 266 g/mol.